The molecule has 2 aromatic rings. The van der Waals surface area contributed by atoms with E-state index in [1.807, 2.05) is 6.92 Å². The van der Waals surface area contributed by atoms with Crippen molar-refractivity contribution in [3.63, 3.8) is 0 Å². The normalized spacial score (nSPS) is 25.3. The molecule has 0 radical (unpaired) electrons. The van der Waals surface area contributed by atoms with Crippen molar-refractivity contribution >= 4 is 21.6 Å². The Balaban J connectivity index is 1.46. The van der Waals surface area contributed by atoms with Gasteiger partial charge in [0.15, 0.2) is 9.92 Å². The second-order valence-electron chi connectivity index (χ2n) is 9.07. The Morgan fingerprint density at radius 2 is 2.22 bits per heavy atom. The third-order valence-corrected chi connectivity index (χ3v) is 8.01. The van der Waals surface area contributed by atoms with E-state index >= 15 is 0 Å². The van der Waals surface area contributed by atoms with Crippen molar-refractivity contribution in [1.82, 2.24) is 14.8 Å². The zero-order valence-electron chi connectivity index (χ0n) is 18.5. The molecule has 0 saturated carbocycles. The molecule has 11 heteroatoms. The number of pyridine rings is 1. The van der Waals surface area contributed by atoms with Crippen LogP contribution in [0.5, 0.6) is 5.88 Å². The predicted molar refractivity (Wildman–Crippen MR) is 118 cm³/mol. The Labute approximate surface area is 187 Å². The van der Waals surface area contributed by atoms with Gasteiger partial charge in [0, 0.05) is 18.5 Å². The van der Waals surface area contributed by atoms with Crippen molar-refractivity contribution in [1.29, 1.82) is 0 Å². The van der Waals surface area contributed by atoms with E-state index in [4.69, 9.17) is 19.6 Å². The summed E-state index contributed by atoms with van der Waals surface area (Å²) in [4.78, 5) is 17.8. The average Bonchev–Trinajstić information content (AvgIpc) is 3.46. The van der Waals surface area contributed by atoms with Crippen LogP contribution >= 0.6 is 0 Å². The molecule has 3 N–H and O–H groups in total. The first-order valence-corrected chi connectivity index (χ1v) is 12.4. The summed E-state index contributed by atoms with van der Waals surface area (Å²) < 4.78 is 29.8. The van der Waals surface area contributed by atoms with Crippen LogP contribution in [0.3, 0.4) is 0 Å². The molecule has 10 nitrogen and oxygen atoms in total. The van der Waals surface area contributed by atoms with Crippen molar-refractivity contribution in [2.45, 2.75) is 68.9 Å². The Morgan fingerprint density at radius 3 is 3.00 bits per heavy atom. The Kier molecular flexibility index (Phi) is 5.02. The fourth-order valence-electron chi connectivity index (χ4n) is 4.78. The number of carbonyl (C=O) groups excluding carboxylic acids is 1. The highest BCUT2D eigenvalue weighted by Crippen LogP contribution is 2.41. The maximum atomic E-state index is 13.2. The zero-order chi connectivity index (χ0) is 22.7. The summed E-state index contributed by atoms with van der Waals surface area (Å²) in [5.41, 5.74) is 4.45. The molecule has 3 atom stereocenters. The molecule has 2 aliphatic carbocycles. The Morgan fingerprint density at radius 1 is 1.41 bits per heavy atom. The van der Waals surface area contributed by atoms with E-state index in [0.29, 0.717) is 12.5 Å². The molecule has 0 spiro atoms. The van der Waals surface area contributed by atoms with Gasteiger partial charge in [-0.1, -0.05) is 6.92 Å². The fraction of sp³-hybridized carbons (Fsp3) is 0.571. The third-order valence-electron chi connectivity index (χ3n) is 6.67. The number of aryl methyl sites for hydroxylation is 1. The summed E-state index contributed by atoms with van der Waals surface area (Å²) in [6.07, 6.45) is 5.98. The number of amides is 2. The maximum Gasteiger partial charge on any atom is 0.354 e. The number of rotatable bonds is 3. The first-order valence-electron chi connectivity index (χ1n) is 10.8. The van der Waals surface area contributed by atoms with Crippen LogP contribution in [0.4, 0.5) is 10.5 Å². The maximum absolute atomic E-state index is 13.2. The van der Waals surface area contributed by atoms with Crippen molar-refractivity contribution < 1.29 is 18.5 Å². The van der Waals surface area contributed by atoms with E-state index in [2.05, 4.69) is 21.7 Å². The number of methoxy groups -OCH3 is 1. The number of hydrogen-bond acceptors (Lipinski definition) is 6. The Bertz CT molecular complexity index is 1230. The van der Waals surface area contributed by atoms with Gasteiger partial charge in [-0.2, -0.15) is 5.10 Å². The number of fused-ring (bicyclic) bond motifs is 3. The smallest absolute Gasteiger partial charge is 0.354 e. The molecular weight excluding hydrogens is 432 g/mol. The van der Waals surface area contributed by atoms with E-state index in [0.717, 1.165) is 60.3 Å². The summed E-state index contributed by atoms with van der Waals surface area (Å²) in [7, 11) is -1.97. The summed E-state index contributed by atoms with van der Waals surface area (Å²) in [6, 6.07) is -0.739. The van der Waals surface area contributed by atoms with Crippen molar-refractivity contribution in [2.75, 3.05) is 19.0 Å². The quantitative estimate of drug-likeness (QED) is 0.723. The lowest BCUT2D eigenvalue weighted by Crippen LogP contribution is -2.43. The molecule has 0 aromatic carbocycles. The zero-order valence-corrected chi connectivity index (χ0v) is 19.3. The first-order chi connectivity index (χ1) is 15.2. The number of hydrogen-bond donors (Lipinski definition) is 2. The summed E-state index contributed by atoms with van der Waals surface area (Å²) in [5.74, 6) is 0.610. The molecule has 32 heavy (non-hydrogen) atoms. The van der Waals surface area contributed by atoms with Gasteiger partial charge in [0.2, 0.25) is 5.88 Å². The van der Waals surface area contributed by atoms with Gasteiger partial charge in [-0.15, -0.1) is 4.36 Å². The molecule has 2 aromatic heterocycles. The van der Waals surface area contributed by atoms with Crippen LogP contribution in [0.1, 0.15) is 55.1 Å². The lowest BCUT2D eigenvalue weighted by atomic mass is 10.0. The molecule has 172 valence electrons. The van der Waals surface area contributed by atoms with Crippen LogP contribution in [0.15, 0.2) is 15.5 Å². The number of nitrogens with two attached hydrogens (primary N) is 1. The van der Waals surface area contributed by atoms with Crippen LogP contribution in [0.2, 0.25) is 0 Å². The summed E-state index contributed by atoms with van der Waals surface area (Å²) in [5, 5.41) is 13.1. The van der Waals surface area contributed by atoms with Crippen LogP contribution in [0, 0.1) is 0 Å². The van der Waals surface area contributed by atoms with Crippen LogP contribution in [0.25, 0.3) is 0 Å². The van der Waals surface area contributed by atoms with E-state index in [1.165, 1.54) is 10.9 Å². The molecule has 3 heterocycles. The molecule has 0 fully saturated rings. The molecule has 2 amide bonds. The van der Waals surface area contributed by atoms with Crippen LogP contribution < -0.4 is 15.2 Å². The third kappa shape index (κ3) is 3.48. The number of nitrogens with zero attached hydrogens (tertiary/aromatic N) is 4. The van der Waals surface area contributed by atoms with Gasteiger partial charge in [-0.05, 0) is 56.1 Å². The summed E-state index contributed by atoms with van der Waals surface area (Å²) in [6.45, 7) is 4.70. The Hall–Kier alpha value is -2.50. The molecular formula is C21H28N6O4S. The van der Waals surface area contributed by atoms with Crippen molar-refractivity contribution in [2.24, 2.45) is 9.50 Å². The number of urea groups is 1. The second kappa shape index (κ2) is 7.53. The highest BCUT2D eigenvalue weighted by Gasteiger charge is 2.35. The van der Waals surface area contributed by atoms with Crippen molar-refractivity contribution in [3.8, 4) is 5.88 Å². The van der Waals surface area contributed by atoms with Crippen LogP contribution in [-0.4, -0.2) is 44.3 Å². The highest BCUT2D eigenvalue weighted by molar-refractivity contribution is 7.91. The van der Waals surface area contributed by atoms with Gasteiger partial charge in [0.05, 0.1) is 18.4 Å². The lowest BCUT2D eigenvalue weighted by molar-refractivity contribution is -0.0654. The average molecular weight is 461 g/mol. The van der Waals surface area contributed by atoms with Gasteiger partial charge in [0.1, 0.15) is 17.1 Å². The first kappa shape index (κ1) is 21.4. The molecule has 5 rings (SSSR count). The standard InChI is InChI=1S/C21H28N6O4S/c1-12-7-8-14-17(12)24-15-6-4-5-13(15)18(14)25-20(28)26-32(22,29)16-9-23-27-10-21(2,30-3)11-31-19(16)27/h9,12H,4-8,10-11H2,1-3H3,(H3,22,24,25,26,28,29). The number of ether oxygens (including phenoxy) is 2. The highest BCUT2D eigenvalue weighted by atomic mass is 32.2. The molecule has 3 aliphatic rings. The van der Waals surface area contributed by atoms with Gasteiger partial charge in [-0.25, -0.2) is 18.8 Å². The fourth-order valence-corrected chi connectivity index (χ4v) is 5.78. The number of aromatic nitrogens is 3. The lowest BCUT2D eigenvalue weighted by Gasteiger charge is -2.32. The SMILES string of the molecule is COC1(C)COc2c(S(N)(=O)=NC(=O)Nc3c4c(nc5c3CCC5C)CCC4)cnn2C1. The topological polar surface area (TPSA) is 134 Å². The predicted octanol–water partition coefficient (Wildman–Crippen LogP) is 2.55. The largest absolute Gasteiger partial charge is 0.474 e. The molecule has 3 unspecified atom stereocenters. The van der Waals surface area contributed by atoms with Gasteiger partial charge in [0.25, 0.3) is 0 Å². The van der Waals surface area contributed by atoms with Gasteiger partial charge >= 0.3 is 6.03 Å². The van der Waals surface area contributed by atoms with E-state index in [9.17, 15) is 9.00 Å². The number of carbonyl (C=O) groups is 1. The monoisotopic (exact) mass is 460 g/mol. The number of nitrogens with one attached hydrogen (secondary N) is 1. The summed E-state index contributed by atoms with van der Waals surface area (Å²) >= 11 is 0. The van der Waals surface area contributed by atoms with E-state index in [1.54, 1.807) is 7.11 Å². The van der Waals surface area contributed by atoms with Crippen LogP contribution in [-0.2, 0) is 40.5 Å². The number of anilines is 1. The minimum Gasteiger partial charge on any atom is -0.474 e. The van der Waals surface area contributed by atoms with E-state index in [-0.39, 0.29) is 17.4 Å². The molecule has 0 saturated heterocycles. The van der Waals surface area contributed by atoms with E-state index < -0.39 is 21.5 Å². The molecule has 0 bridgehead atoms. The minimum absolute atomic E-state index is 0.101. The minimum atomic E-state index is -3.56. The van der Waals surface area contributed by atoms with Gasteiger partial charge in [-0.3, -0.25) is 4.98 Å². The van der Waals surface area contributed by atoms with Crippen molar-refractivity contribution in [3.05, 3.63) is 28.7 Å². The second-order valence-corrected chi connectivity index (χ2v) is 10.8. The molecule has 1 aliphatic heterocycles. The van der Waals surface area contributed by atoms with Gasteiger partial charge < -0.3 is 14.8 Å².